The van der Waals surface area contributed by atoms with Crippen LogP contribution < -0.4 is 15.2 Å². The average Bonchev–Trinajstić information content (AvgIpc) is 2.58. The Labute approximate surface area is 157 Å². The fourth-order valence-electron chi connectivity index (χ4n) is 1.80. The first kappa shape index (κ1) is 19.1. The molecule has 0 atom stereocenters. The van der Waals surface area contributed by atoms with Gasteiger partial charge in [0.2, 0.25) is 0 Å². The lowest BCUT2D eigenvalue weighted by Crippen LogP contribution is -2.20. The van der Waals surface area contributed by atoms with Crippen molar-refractivity contribution in [3.05, 3.63) is 57.5 Å². The molecule has 25 heavy (non-hydrogen) atoms. The van der Waals surface area contributed by atoms with Crippen LogP contribution in [-0.4, -0.2) is 31.7 Å². The second kappa shape index (κ2) is 9.29. The van der Waals surface area contributed by atoms with E-state index in [9.17, 15) is 9.59 Å². The Balaban J connectivity index is 1.77. The fraction of sp³-hybridized carbons (Fsp3) is 0.176. The maximum atomic E-state index is 11.9. The summed E-state index contributed by atoms with van der Waals surface area (Å²) in [4.78, 5) is 22.6. The third-order valence-corrected chi connectivity index (χ3v) is 3.79. The molecule has 0 bridgehead atoms. The topological polar surface area (TPSA) is 87.9 Å². The van der Waals surface area contributed by atoms with E-state index >= 15 is 0 Å². The lowest BCUT2D eigenvalue weighted by Gasteiger charge is -2.09. The number of benzene rings is 2. The Morgan fingerprint density at radius 3 is 2.40 bits per heavy atom. The van der Waals surface area contributed by atoms with Gasteiger partial charge in [-0.05, 0) is 58.4 Å². The molecule has 1 amide bonds. The van der Waals surface area contributed by atoms with Gasteiger partial charge in [0.25, 0.3) is 5.91 Å². The Hall–Kier alpha value is -2.25. The zero-order valence-electron chi connectivity index (χ0n) is 13.0. The number of halogens is 2. The quantitative estimate of drug-likeness (QED) is 0.515. The molecule has 8 heteroatoms. The molecule has 2 aromatic rings. The number of amides is 1. The summed E-state index contributed by atoms with van der Waals surface area (Å²) in [5, 5.41) is 0.592. The molecule has 0 fully saturated rings. The number of nitrogens with two attached hydrogens (primary N) is 1. The van der Waals surface area contributed by atoms with Crippen molar-refractivity contribution in [1.29, 1.82) is 0 Å². The van der Waals surface area contributed by atoms with E-state index in [-0.39, 0.29) is 19.8 Å². The van der Waals surface area contributed by atoms with Gasteiger partial charge in [0.15, 0.2) is 6.61 Å². The van der Waals surface area contributed by atoms with E-state index in [4.69, 9.17) is 31.5 Å². The largest absolute Gasteiger partial charge is 0.489 e. The van der Waals surface area contributed by atoms with Crippen molar-refractivity contribution in [1.82, 2.24) is 0 Å². The van der Waals surface area contributed by atoms with Crippen LogP contribution >= 0.6 is 27.5 Å². The highest BCUT2D eigenvalue weighted by Crippen LogP contribution is 2.27. The van der Waals surface area contributed by atoms with Crippen LogP contribution in [0.15, 0.2) is 46.9 Å². The van der Waals surface area contributed by atoms with Crippen molar-refractivity contribution >= 4 is 39.4 Å². The van der Waals surface area contributed by atoms with E-state index in [2.05, 4.69) is 15.9 Å². The average molecular weight is 429 g/mol. The summed E-state index contributed by atoms with van der Waals surface area (Å²) < 4.78 is 16.5. The molecule has 0 unspecified atom stereocenters. The lowest BCUT2D eigenvalue weighted by atomic mass is 10.2. The highest BCUT2D eigenvalue weighted by Gasteiger charge is 2.08. The number of carbonyl (C=O) groups excluding carboxylic acids is 2. The van der Waals surface area contributed by atoms with E-state index in [1.165, 1.54) is 12.1 Å². The minimum Gasteiger partial charge on any atom is -0.489 e. The third kappa shape index (κ3) is 6.28. The van der Waals surface area contributed by atoms with E-state index in [0.717, 1.165) is 4.47 Å². The molecule has 0 heterocycles. The molecule has 0 aliphatic rings. The summed E-state index contributed by atoms with van der Waals surface area (Å²) in [5.74, 6) is -0.0151. The zero-order valence-corrected chi connectivity index (χ0v) is 15.4. The number of carbonyl (C=O) groups is 2. The number of primary amides is 1. The molecule has 0 saturated heterocycles. The van der Waals surface area contributed by atoms with Gasteiger partial charge in [-0.2, -0.15) is 0 Å². The number of rotatable bonds is 8. The summed E-state index contributed by atoms with van der Waals surface area (Å²) in [6.07, 6.45) is 0. The van der Waals surface area contributed by atoms with Crippen molar-refractivity contribution < 1.29 is 23.8 Å². The van der Waals surface area contributed by atoms with Crippen molar-refractivity contribution in [2.45, 2.75) is 0 Å². The van der Waals surface area contributed by atoms with Crippen molar-refractivity contribution in [2.75, 3.05) is 19.8 Å². The normalized spacial score (nSPS) is 10.2. The lowest BCUT2D eigenvalue weighted by molar-refractivity contribution is -0.119. The SMILES string of the molecule is NC(=O)COc1ccc(C(=O)OCCOc2ccc(Cl)cc2Br)cc1. The van der Waals surface area contributed by atoms with Gasteiger partial charge in [-0.15, -0.1) is 0 Å². The molecule has 0 radical (unpaired) electrons. The van der Waals surface area contributed by atoms with Gasteiger partial charge >= 0.3 is 5.97 Å². The van der Waals surface area contributed by atoms with Gasteiger partial charge in [0.1, 0.15) is 24.7 Å². The molecule has 0 aliphatic heterocycles. The Kier molecular flexibility index (Phi) is 7.09. The van der Waals surface area contributed by atoms with Crippen LogP contribution in [-0.2, 0) is 9.53 Å². The molecule has 0 saturated carbocycles. The molecule has 132 valence electrons. The number of ether oxygens (including phenoxy) is 3. The van der Waals surface area contributed by atoms with Crippen molar-refractivity contribution in [3.8, 4) is 11.5 Å². The maximum absolute atomic E-state index is 11.9. The van der Waals surface area contributed by atoms with Crippen LogP contribution in [0, 0.1) is 0 Å². The van der Waals surface area contributed by atoms with E-state index < -0.39 is 11.9 Å². The molecule has 2 rings (SSSR count). The van der Waals surface area contributed by atoms with Crippen molar-refractivity contribution in [2.24, 2.45) is 5.73 Å². The number of hydrogen-bond acceptors (Lipinski definition) is 5. The molecular weight excluding hydrogens is 414 g/mol. The summed E-state index contributed by atoms with van der Waals surface area (Å²) in [6, 6.07) is 11.3. The summed E-state index contributed by atoms with van der Waals surface area (Å²) in [6.45, 7) is 0.0704. The molecule has 6 nitrogen and oxygen atoms in total. The second-order valence-electron chi connectivity index (χ2n) is 4.84. The van der Waals surface area contributed by atoms with Crippen LogP contribution in [0.4, 0.5) is 0 Å². The minimum absolute atomic E-state index is 0.0911. The summed E-state index contributed by atoms with van der Waals surface area (Å²) in [7, 11) is 0. The van der Waals surface area contributed by atoms with Gasteiger partial charge in [-0.1, -0.05) is 11.6 Å². The summed E-state index contributed by atoms with van der Waals surface area (Å²) in [5.41, 5.74) is 5.35. The van der Waals surface area contributed by atoms with Gasteiger partial charge in [0.05, 0.1) is 10.0 Å². The van der Waals surface area contributed by atoms with E-state index in [0.29, 0.717) is 22.1 Å². The van der Waals surface area contributed by atoms with Gasteiger partial charge in [-0.3, -0.25) is 4.79 Å². The van der Waals surface area contributed by atoms with E-state index in [1.54, 1.807) is 30.3 Å². The van der Waals surface area contributed by atoms with Crippen LogP contribution in [0.3, 0.4) is 0 Å². The first-order valence-corrected chi connectivity index (χ1v) is 8.39. The molecular formula is C17H15BrClNO5. The minimum atomic E-state index is -0.573. The van der Waals surface area contributed by atoms with Crippen LogP contribution in [0.1, 0.15) is 10.4 Å². The van der Waals surface area contributed by atoms with Gasteiger partial charge in [0, 0.05) is 5.02 Å². The molecule has 2 aromatic carbocycles. The molecule has 0 aromatic heterocycles. The van der Waals surface area contributed by atoms with Crippen LogP contribution in [0.2, 0.25) is 5.02 Å². The Bertz CT molecular complexity index is 751. The Morgan fingerprint density at radius 1 is 1.04 bits per heavy atom. The molecule has 0 aliphatic carbocycles. The zero-order chi connectivity index (χ0) is 18.2. The maximum Gasteiger partial charge on any atom is 0.338 e. The highest BCUT2D eigenvalue weighted by molar-refractivity contribution is 9.10. The summed E-state index contributed by atoms with van der Waals surface area (Å²) >= 11 is 9.18. The van der Waals surface area contributed by atoms with E-state index in [1.807, 2.05) is 0 Å². The predicted octanol–water partition coefficient (Wildman–Crippen LogP) is 3.20. The third-order valence-electron chi connectivity index (χ3n) is 2.94. The molecule has 0 spiro atoms. The highest BCUT2D eigenvalue weighted by atomic mass is 79.9. The van der Waals surface area contributed by atoms with Crippen LogP contribution in [0.5, 0.6) is 11.5 Å². The Morgan fingerprint density at radius 2 is 1.76 bits per heavy atom. The number of hydrogen-bond donors (Lipinski definition) is 1. The number of esters is 1. The fourth-order valence-corrected chi connectivity index (χ4v) is 2.60. The first-order chi connectivity index (χ1) is 12.0. The van der Waals surface area contributed by atoms with Gasteiger partial charge < -0.3 is 19.9 Å². The van der Waals surface area contributed by atoms with Gasteiger partial charge in [-0.25, -0.2) is 4.79 Å². The first-order valence-electron chi connectivity index (χ1n) is 7.22. The standard InChI is InChI=1S/C17H15BrClNO5/c18-14-9-12(19)3-6-15(14)23-7-8-24-17(22)11-1-4-13(5-2-11)25-10-16(20)21/h1-6,9H,7-8,10H2,(H2,20,21). The predicted molar refractivity (Wildman–Crippen MR) is 96.1 cm³/mol. The second-order valence-corrected chi connectivity index (χ2v) is 6.13. The monoisotopic (exact) mass is 427 g/mol. The smallest absolute Gasteiger partial charge is 0.338 e. The molecule has 2 N–H and O–H groups in total. The van der Waals surface area contributed by atoms with Crippen molar-refractivity contribution in [3.63, 3.8) is 0 Å². The van der Waals surface area contributed by atoms with Crippen LogP contribution in [0.25, 0.3) is 0 Å².